The molecule has 0 aliphatic carbocycles. The number of fused-ring (bicyclic) bond motifs is 5. The van der Waals surface area contributed by atoms with Crippen molar-refractivity contribution in [1.29, 1.82) is 5.26 Å². The molecule has 0 amide bonds. The van der Waals surface area contributed by atoms with Crippen molar-refractivity contribution < 1.29 is 0 Å². The van der Waals surface area contributed by atoms with Crippen molar-refractivity contribution in [2.45, 2.75) is 0 Å². The van der Waals surface area contributed by atoms with Crippen LogP contribution in [0.1, 0.15) is 5.56 Å². The molecule has 0 radical (unpaired) electrons. The molecule has 0 fully saturated rings. The molecule has 1 aromatic heterocycles. The third-order valence-electron chi connectivity index (χ3n) is 9.45. The summed E-state index contributed by atoms with van der Waals surface area (Å²) < 4.78 is 2.23. The highest BCUT2D eigenvalue weighted by molar-refractivity contribution is 6.21. The van der Waals surface area contributed by atoms with Crippen LogP contribution in [0.25, 0.3) is 82.4 Å². The van der Waals surface area contributed by atoms with Crippen LogP contribution >= 0.6 is 0 Å². The summed E-state index contributed by atoms with van der Waals surface area (Å²) >= 11 is 0. The van der Waals surface area contributed by atoms with Gasteiger partial charge in [0.1, 0.15) is 6.07 Å². The molecule has 0 saturated carbocycles. The summed E-state index contributed by atoms with van der Waals surface area (Å²) in [4.78, 5) is 0. The molecular weight excluding hydrogens is 569 g/mol. The summed E-state index contributed by atoms with van der Waals surface area (Å²) in [6.45, 7) is 0. The van der Waals surface area contributed by atoms with Gasteiger partial charge < -0.3 is 4.57 Å². The number of hydrogen-bond donors (Lipinski definition) is 0. The first kappa shape index (κ1) is 26.9. The third kappa shape index (κ3) is 4.18. The first-order valence-electron chi connectivity index (χ1n) is 15.9. The third-order valence-corrected chi connectivity index (χ3v) is 9.45. The van der Waals surface area contributed by atoms with Crippen LogP contribution in [-0.4, -0.2) is 4.57 Å². The molecule has 0 spiro atoms. The molecule has 9 rings (SSSR count). The Labute approximate surface area is 273 Å². The molecular formula is C45H28N2. The van der Waals surface area contributed by atoms with Crippen molar-refractivity contribution in [2.75, 3.05) is 0 Å². The molecule has 0 atom stereocenters. The zero-order chi connectivity index (χ0) is 31.3. The zero-order valence-electron chi connectivity index (χ0n) is 25.6. The molecule has 0 bridgehead atoms. The quantitative estimate of drug-likeness (QED) is 0.186. The average Bonchev–Trinajstić information content (AvgIpc) is 3.48. The van der Waals surface area contributed by atoms with Gasteiger partial charge >= 0.3 is 0 Å². The lowest BCUT2D eigenvalue weighted by Gasteiger charge is -2.18. The predicted octanol–water partition coefficient (Wildman–Crippen LogP) is 12.0. The summed E-state index contributed by atoms with van der Waals surface area (Å²) in [5, 5.41) is 17.9. The van der Waals surface area contributed by atoms with Crippen LogP contribution in [0.2, 0.25) is 0 Å². The Kier molecular flexibility index (Phi) is 6.23. The van der Waals surface area contributed by atoms with E-state index in [1.54, 1.807) is 0 Å². The first-order valence-corrected chi connectivity index (χ1v) is 15.9. The fourth-order valence-electron chi connectivity index (χ4n) is 7.44. The van der Waals surface area contributed by atoms with Gasteiger partial charge in [0.2, 0.25) is 0 Å². The Hall–Kier alpha value is -6.43. The molecule has 0 aliphatic heterocycles. The molecule has 8 aromatic carbocycles. The number of benzene rings is 8. The van der Waals surface area contributed by atoms with Crippen molar-refractivity contribution >= 4 is 43.4 Å². The summed E-state index contributed by atoms with van der Waals surface area (Å²) in [6.07, 6.45) is 0. The maximum atomic E-state index is 10.6. The highest BCUT2D eigenvalue weighted by Crippen LogP contribution is 2.44. The van der Waals surface area contributed by atoms with Crippen molar-refractivity contribution in [3.8, 4) is 45.1 Å². The number of nitriles is 1. The number of nitrogens with zero attached hydrogens (tertiary/aromatic N) is 2. The van der Waals surface area contributed by atoms with E-state index in [4.69, 9.17) is 0 Å². The molecule has 47 heavy (non-hydrogen) atoms. The Bertz CT molecular complexity index is 2560. The molecule has 0 N–H and O–H groups in total. The second-order valence-corrected chi connectivity index (χ2v) is 12.0. The fourth-order valence-corrected chi connectivity index (χ4v) is 7.44. The first-order chi connectivity index (χ1) is 23.3. The summed E-state index contributed by atoms with van der Waals surface area (Å²) in [7, 11) is 0. The zero-order valence-corrected chi connectivity index (χ0v) is 25.6. The molecule has 0 aliphatic rings. The van der Waals surface area contributed by atoms with E-state index >= 15 is 0 Å². The summed E-state index contributed by atoms with van der Waals surface area (Å²) in [5.41, 5.74) is 10.5. The van der Waals surface area contributed by atoms with Crippen molar-refractivity contribution in [3.05, 3.63) is 175 Å². The van der Waals surface area contributed by atoms with E-state index in [-0.39, 0.29) is 0 Å². The Balaban J connectivity index is 1.23. The fraction of sp³-hybridized carbons (Fsp3) is 0. The highest BCUT2D eigenvalue weighted by Gasteiger charge is 2.19. The van der Waals surface area contributed by atoms with E-state index in [0.717, 1.165) is 33.4 Å². The minimum Gasteiger partial charge on any atom is -0.308 e. The van der Waals surface area contributed by atoms with Gasteiger partial charge in [0.25, 0.3) is 0 Å². The molecule has 2 nitrogen and oxygen atoms in total. The Morgan fingerprint density at radius 3 is 1.30 bits per heavy atom. The van der Waals surface area contributed by atoms with Crippen molar-refractivity contribution in [2.24, 2.45) is 0 Å². The van der Waals surface area contributed by atoms with Crippen LogP contribution < -0.4 is 0 Å². The monoisotopic (exact) mass is 596 g/mol. The Morgan fingerprint density at radius 1 is 0.362 bits per heavy atom. The lowest BCUT2D eigenvalue weighted by Crippen LogP contribution is -1.99. The largest absolute Gasteiger partial charge is 0.308 e. The number of hydrogen-bond acceptors (Lipinski definition) is 1. The second kappa shape index (κ2) is 10.9. The summed E-state index contributed by atoms with van der Waals surface area (Å²) in [5.74, 6) is 0. The van der Waals surface area contributed by atoms with Gasteiger partial charge in [-0.15, -0.1) is 0 Å². The lowest BCUT2D eigenvalue weighted by atomic mass is 9.85. The van der Waals surface area contributed by atoms with Gasteiger partial charge in [-0.2, -0.15) is 5.26 Å². The Morgan fingerprint density at radius 2 is 0.787 bits per heavy atom. The van der Waals surface area contributed by atoms with Crippen molar-refractivity contribution in [3.63, 3.8) is 0 Å². The van der Waals surface area contributed by atoms with E-state index in [9.17, 15) is 5.26 Å². The van der Waals surface area contributed by atoms with Gasteiger partial charge in [-0.3, -0.25) is 0 Å². The average molecular weight is 597 g/mol. The van der Waals surface area contributed by atoms with Crippen LogP contribution in [0.5, 0.6) is 0 Å². The minimum absolute atomic E-state index is 0.662. The number of para-hydroxylation sites is 2. The van der Waals surface area contributed by atoms with Crippen LogP contribution in [-0.2, 0) is 0 Å². The number of aromatic nitrogens is 1. The standard InChI is InChI=1S/C45H28N2/c46-29-40-33(21-12-24-43(40)47-41-22-10-8-15-34(41)35-16-9-11-23-42(35)47)30-25-27-32(28-26-30)45-38-19-6-4-17-36(38)44(31-13-2-1-3-14-31)37-18-5-7-20-39(37)45/h1-28H. The van der Waals surface area contributed by atoms with E-state index in [1.807, 2.05) is 0 Å². The van der Waals surface area contributed by atoms with Gasteiger partial charge in [-0.1, -0.05) is 152 Å². The number of rotatable bonds is 4. The van der Waals surface area contributed by atoms with Gasteiger partial charge in [-0.25, -0.2) is 0 Å². The predicted molar refractivity (Wildman–Crippen MR) is 197 cm³/mol. The highest BCUT2D eigenvalue weighted by atomic mass is 15.0. The van der Waals surface area contributed by atoms with Gasteiger partial charge in [0, 0.05) is 16.3 Å². The summed E-state index contributed by atoms with van der Waals surface area (Å²) in [6, 6.07) is 62.5. The lowest BCUT2D eigenvalue weighted by molar-refractivity contribution is 1.17. The molecule has 1 heterocycles. The van der Waals surface area contributed by atoms with E-state index in [1.165, 1.54) is 49.0 Å². The molecule has 218 valence electrons. The van der Waals surface area contributed by atoms with Gasteiger partial charge in [0.05, 0.1) is 22.3 Å². The van der Waals surface area contributed by atoms with Crippen LogP contribution in [0.4, 0.5) is 0 Å². The van der Waals surface area contributed by atoms with Crippen molar-refractivity contribution in [1.82, 2.24) is 4.57 Å². The SMILES string of the molecule is N#Cc1c(-c2ccc(-c3c4ccccc4c(-c4ccccc4)c4ccccc34)cc2)cccc1-n1c2ccccc2c2ccccc21. The smallest absolute Gasteiger partial charge is 0.102 e. The van der Waals surface area contributed by atoms with Gasteiger partial charge in [0.15, 0.2) is 0 Å². The topological polar surface area (TPSA) is 28.7 Å². The molecule has 0 unspecified atom stereocenters. The normalized spacial score (nSPS) is 11.4. The molecule has 9 aromatic rings. The second-order valence-electron chi connectivity index (χ2n) is 12.0. The molecule has 0 saturated heterocycles. The maximum Gasteiger partial charge on any atom is 0.102 e. The van der Waals surface area contributed by atoms with Gasteiger partial charge in [-0.05, 0) is 67.6 Å². The van der Waals surface area contributed by atoms with E-state index in [2.05, 4.69) is 180 Å². The molecule has 2 heteroatoms. The maximum absolute atomic E-state index is 10.6. The van der Waals surface area contributed by atoms with Crippen LogP contribution in [0, 0.1) is 11.3 Å². The van der Waals surface area contributed by atoms with Crippen LogP contribution in [0.3, 0.4) is 0 Å². The minimum atomic E-state index is 0.662. The van der Waals surface area contributed by atoms with E-state index in [0.29, 0.717) is 5.56 Å². The van der Waals surface area contributed by atoms with Crippen LogP contribution in [0.15, 0.2) is 170 Å². The van der Waals surface area contributed by atoms with E-state index < -0.39 is 0 Å².